The highest BCUT2D eigenvalue weighted by Gasteiger charge is 2.75. The molecule has 3 aliphatic carbocycles. The minimum absolute atomic E-state index is 0.0128. The molecule has 0 heterocycles. The van der Waals surface area contributed by atoms with E-state index in [1.165, 1.54) is 5.56 Å². The number of carbonyl (C=O) groups is 1. The SMILES string of the molecule is Cc1ccc(OC(=S)O[C@H]2CC[C@]3(C)CC(C)(C)[C@@H]4CCC(=O)[C@]243)cc1. The standard InChI is InChI=1S/C22H28O3S/c1-14-5-7-15(8-6-14)24-19(26)25-18-11-12-21(4)13-20(2,3)16-9-10-17(23)22(16,18)21/h5-8,16,18H,9-13H2,1-4H3/t16-,18-,21+,22-/m0/s1. The van der Waals surface area contributed by atoms with Gasteiger partial charge in [0.2, 0.25) is 0 Å². The molecule has 0 radical (unpaired) electrons. The number of benzene rings is 1. The summed E-state index contributed by atoms with van der Waals surface area (Å²) in [5.41, 5.74) is 0.959. The Hall–Kier alpha value is -1.42. The third-order valence-electron chi connectivity index (χ3n) is 7.39. The first kappa shape index (κ1) is 18.0. The van der Waals surface area contributed by atoms with Gasteiger partial charge in [0, 0.05) is 18.6 Å². The van der Waals surface area contributed by atoms with E-state index in [1.807, 2.05) is 31.2 Å². The highest BCUT2D eigenvalue weighted by molar-refractivity contribution is 7.79. The second-order valence-corrected chi connectivity index (χ2v) is 9.75. The van der Waals surface area contributed by atoms with E-state index < -0.39 is 5.41 Å². The zero-order valence-corrected chi connectivity index (χ0v) is 16.9. The van der Waals surface area contributed by atoms with Gasteiger partial charge in [-0.2, -0.15) is 0 Å². The van der Waals surface area contributed by atoms with E-state index in [4.69, 9.17) is 21.7 Å². The molecule has 0 N–H and O–H groups in total. The molecular formula is C22H28O3S. The summed E-state index contributed by atoms with van der Waals surface area (Å²) in [5, 5.41) is 0.139. The van der Waals surface area contributed by atoms with E-state index in [9.17, 15) is 4.79 Å². The number of Topliss-reactive ketones (excluding diaryl/α,β-unsaturated/α-hetero) is 1. The molecule has 1 aromatic carbocycles. The van der Waals surface area contributed by atoms with E-state index in [1.54, 1.807) is 0 Å². The Morgan fingerprint density at radius 3 is 2.54 bits per heavy atom. The van der Waals surface area contributed by atoms with Crippen molar-refractivity contribution < 1.29 is 14.3 Å². The average molecular weight is 373 g/mol. The maximum atomic E-state index is 13.2. The Bertz CT molecular complexity index is 753. The first-order valence-electron chi connectivity index (χ1n) is 9.67. The summed E-state index contributed by atoms with van der Waals surface area (Å²) in [6.45, 7) is 8.97. The highest BCUT2D eigenvalue weighted by Crippen LogP contribution is 2.75. The van der Waals surface area contributed by atoms with Crippen molar-refractivity contribution in [2.75, 3.05) is 0 Å². The minimum atomic E-state index is -0.392. The summed E-state index contributed by atoms with van der Waals surface area (Å²) >= 11 is 5.40. The van der Waals surface area contributed by atoms with Crippen molar-refractivity contribution in [3.05, 3.63) is 29.8 Å². The quantitative estimate of drug-likeness (QED) is 0.665. The first-order chi connectivity index (χ1) is 12.2. The molecule has 3 nitrogen and oxygen atoms in total. The Morgan fingerprint density at radius 2 is 1.85 bits per heavy atom. The summed E-state index contributed by atoms with van der Waals surface area (Å²) in [5.74, 6) is 1.44. The first-order valence-corrected chi connectivity index (χ1v) is 10.1. The molecule has 3 aliphatic rings. The average Bonchev–Trinajstić information content (AvgIpc) is 3.10. The normalized spacial score (nSPS) is 37.3. The molecule has 1 aromatic rings. The molecule has 140 valence electrons. The summed E-state index contributed by atoms with van der Waals surface area (Å²) in [7, 11) is 0. The van der Waals surface area contributed by atoms with E-state index in [0.29, 0.717) is 23.9 Å². The topological polar surface area (TPSA) is 35.5 Å². The number of ether oxygens (including phenoxy) is 2. The summed E-state index contributed by atoms with van der Waals surface area (Å²) < 4.78 is 11.9. The Kier molecular flexibility index (Phi) is 4.00. The number of aryl methyl sites for hydroxylation is 1. The predicted molar refractivity (Wildman–Crippen MR) is 105 cm³/mol. The molecule has 1 spiro atoms. The lowest BCUT2D eigenvalue weighted by molar-refractivity contribution is -0.138. The molecule has 0 aliphatic heterocycles. The second-order valence-electron chi connectivity index (χ2n) is 9.42. The number of hydrogen-bond acceptors (Lipinski definition) is 4. The molecule has 3 saturated carbocycles. The Morgan fingerprint density at radius 1 is 1.15 bits per heavy atom. The summed E-state index contributed by atoms with van der Waals surface area (Å²) in [4.78, 5) is 13.2. The molecular weight excluding hydrogens is 344 g/mol. The van der Waals surface area contributed by atoms with Crippen LogP contribution in [0.5, 0.6) is 5.75 Å². The highest BCUT2D eigenvalue weighted by atomic mass is 32.1. The van der Waals surface area contributed by atoms with Gasteiger partial charge in [-0.15, -0.1) is 0 Å². The predicted octanol–water partition coefficient (Wildman–Crippen LogP) is 5.24. The lowest BCUT2D eigenvalue weighted by Crippen LogP contribution is -2.48. The lowest BCUT2D eigenvalue weighted by Gasteiger charge is -2.40. The van der Waals surface area contributed by atoms with E-state index in [2.05, 4.69) is 20.8 Å². The van der Waals surface area contributed by atoms with Gasteiger partial charge in [0.15, 0.2) is 0 Å². The van der Waals surface area contributed by atoms with Crippen molar-refractivity contribution in [3.63, 3.8) is 0 Å². The van der Waals surface area contributed by atoms with Crippen LogP contribution in [0.2, 0.25) is 0 Å². The molecule has 0 amide bonds. The fourth-order valence-electron chi connectivity index (χ4n) is 6.70. The van der Waals surface area contributed by atoms with Gasteiger partial charge in [-0.25, -0.2) is 0 Å². The van der Waals surface area contributed by atoms with Crippen molar-refractivity contribution in [3.8, 4) is 5.75 Å². The smallest absolute Gasteiger partial charge is 0.358 e. The molecule has 3 fully saturated rings. The van der Waals surface area contributed by atoms with Crippen molar-refractivity contribution in [1.29, 1.82) is 0 Å². The van der Waals surface area contributed by atoms with Crippen LogP contribution in [0.3, 0.4) is 0 Å². The maximum Gasteiger partial charge on any atom is 0.358 e. The van der Waals surface area contributed by atoms with Crippen LogP contribution in [0.1, 0.15) is 58.4 Å². The molecule has 0 aromatic heterocycles. The fraction of sp³-hybridized carbons (Fsp3) is 0.636. The van der Waals surface area contributed by atoms with Crippen LogP contribution >= 0.6 is 12.2 Å². The van der Waals surface area contributed by atoms with Crippen molar-refractivity contribution in [2.24, 2.45) is 22.2 Å². The van der Waals surface area contributed by atoms with Crippen molar-refractivity contribution in [2.45, 2.75) is 65.9 Å². The molecule has 0 unspecified atom stereocenters. The van der Waals surface area contributed by atoms with Crippen LogP contribution < -0.4 is 4.74 Å². The zero-order valence-electron chi connectivity index (χ0n) is 16.1. The summed E-state index contributed by atoms with van der Waals surface area (Å²) in [6, 6.07) is 7.76. The van der Waals surface area contributed by atoms with Gasteiger partial charge in [-0.05, 0) is 61.5 Å². The van der Waals surface area contributed by atoms with Gasteiger partial charge < -0.3 is 9.47 Å². The van der Waals surface area contributed by atoms with E-state index >= 15 is 0 Å². The van der Waals surface area contributed by atoms with Gasteiger partial charge in [-0.3, -0.25) is 4.79 Å². The van der Waals surface area contributed by atoms with E-state index in [-0.39, 0.29) is 22.2 Å². The second kappa shape index (κ2) is 5.79. The number of hydrogen-bond donors (Lipinski definition) is 0. The molecule has 4 rings (SSSR count). The van der Waals surface area contributed by atoms with Crippen LogP contribution in [0.4, 0.5) is 0 Å². The number of ketones is 1. The van der Waals surface area contributed by atoms with Crippen LogP contribution in [0.25, 0.3) is 0 Å². The van der Waals surface area contributed by atoms with E-state index in [0.717, 1.165) is 25.7 Å². The number of thiocarbonyl (C=S) groups is 1. The summed E-state index contributed by atoms with van der Waals surface area (Å²) in [6.07, 6.45) is 4.49. The molecule has 4 atom stereocenters. The largest absolute Gasteiger partial charge is 0.452 e. The van der Waals surface area contributed by atoms with Gasteiger partial charge >= 0.3 is 5.24 Å². The van der Waals surface area contributed by atoms with Crippen LogP contribution in [-0.2, 0) is 9.53 Å². The van der Waals surface area contributed by atoms with Crippen molar-refractivity contribution >= 4 is 23.2 Å². The van der Waals surface area contributed by atoms with Crippen LogP contribution in [-0.4, -0.2) is 17.1 Å². The van der Waals surface area contributed by atoms with Gasteiger partial charge in [0.05, 0.1) is 5.41 Å². The molecule has 26 heavy (non-hydrogen) atoms. The Labute approximate surface area is 161 Å². The third-order valence-corrected chi connectivity index (χ3v) is 7.57. The number of rotatable bonds is 2. The van der Waals surface area contributed by atoms with Crippen LogP contribution in [0, 0.1) is 29.1 Å². The minimum Gasteiger partial charge on any atom is -0.452 e. The molecule has 0 bridgehead atoms. The van der Waals surface area contributed by atoms with Gasteiger partial charge in [-0.1, -0.05) is 38.5 Å². The maximum absolute atomic E-state index is 13.2. The molecule has 4 heteroatoms. The fourth-order valence-corrected chi connectivity index (χ4v) is 6.92. The number of carbonyl (C=O) groups excluding carboxylic acids is 1. The zero-order chi connectivity index (χ0) is 18.7. The van der Waals surface area contributed by atoms with Gasteiger partial charge in [0.25, 0.3) is 0 Å². The van der Waals surface area contributed by atoms with Crippen molar-refractivity contribution in [1.82, 2.24) is 0 Å². The molecule has 0 saturated heterocycles. The monoisotopic (exact) mass is 372 g/mol. The lowest BCUT2D eigenvalue weighted by atomic mass is 9.64. The third kappa shape index (κ3) is 2.37. The Balaban J connectivity index is 1.58. The van der Waals surface area contributed by atoms with Crippen LogP contribution in [0.15, 0.2) is 24.3 Å². The van der Waals surface area contributed by atoms with Gasteiger partial charge in [0.1, 0.15) is 17.6 Å².